The van der Waals surface area contributed by atoms with E-state index in [-0.39, 0.29) is 22.0 Å². The van der Waals surface area contributed by atoms with E-state index in [4.69, 9.17) is 0 Å². The quantitative estimate of drug-likeness (QED) is 0.578. The van der Waals surface area contributed by atoms with Gasteiger partial charge in [0.2, 0.25) is 0 Å². The van der Waals surface area contributed by atoms with Crippen molar-refractivity contribution >= 4 is 48.5 Å². The molecule has 1 aliphatic rings. The van der Waals surface area contributed by atoms with Crippen LogP contribution < -0.4 is 4.72 Å². The number of halogens is 2. The Labute approximate surface area is 168 Å². The molecule has 0 amide bonds. The largest absolute Gasteiger partial charge is 0.478 e. The molecule has 0 atom stereocenters. The molecule has 0 saturated heterocycles. The Morgan fingerprint density at radius 2 is 2.00 bits per heavy atom. The van der Waals surface area contributed by atoms with Crippen molar-refractivity contribution in [1.29, 1.82) is 0 Å². The van der Waals surface area contributed by atoms with Crippen LogP contribution in [0.5, 0.6) is 0 Å². The molecular weight excluding hydrogens is 451 g/mol. The fourth-order valence-corrected chi connectivity index (χ4v) is 4.94. The van der Waals surface area contributed by atoms with Gasteiger partial charge in [0, 0.05) is 16.1 Å². The van der Waals surface area contributed by atoms with Gasteiger partial charge in [0.1, 0.15) is 4.90 Å². The SMILES string of the molecule is O=C(O)c1cc(C2CC2)cc(NS(=O)(=O)c2cc(Br)cc3cccnc23)c1F. The number of benzene rings is 2. The highest BCUT2D eigenvalue weighted by molar-refractivity contribution is 9.10. The molecular formula is C19H14BrFN2O4S. The zero-order valence-corrected chi connectivity index (χ0v) is 16.7. The molecule has 2 aromatic carbocycles. The highest BCUT2D eigenvalue weighted by atomic mass is 79.9. The van der Waals surface area contributed by atoms with Crippen LogP contribution in [0.3, 0.4) is 0 Å². The normalized spacial score (nSPS) is 14.2. The molecule has 1 aliphatic carbocycles. The first-order valence-corrected chi connectivity index (χ1v) is 10.7. The smallest absolute Gasteiger partial charge is 0.338 e. The first-order valence-electron chi connectivity index (χ1n) is 8.40. The second kappa shape index (κ2) is 6.82. The number of carboxylic acids is 1. The third kappa shape index (κ3) is 3.47. The highest BCUT2D eigenvalue weighted by Gasteiger charge is 2.29. The lowest BCUT2D eigenvalue weighted by atomic mass is 10.1. The van der Waals surface area contributed by atoms with Gasteiger partial charge in [-0.2, -0.15) is 0 Å². The Bertz CT molecular complexity index is 1230. The zero-order chi connectivity index (χ0) is 20.1. The van der Waals surface area contributed by atoms with Crippen molar-refractivity contribution in [3.63, 3.8) is 0 Å². The Balaban J connectivity index is 1.84. The topological polar surface area (TPSA) is 96.4 Å². The van der Waals surface area contributed by atoms with Gasteiger partial charge in [0.15, 0.2) is 5.82 Å². The number of hydrogen-bond acceptors (Lipinski definition) is 4. The van der Waals surface area contributed by atoms with E-state index in [9.17, 15) is 22.7 Å². The molecule has 6 nitrogen and oxygen atoms in total. The van der Waals surface area contributed by atoms with Crippen LogP contribution in [0.2, 0.25) is 0 Å². The molecule has 1 heterocycles. The van der Waals surface area contributed by atoms with Crippen LogP contribution in [-0.4, -0.2) is 24.5 Å². The second-order valence-corrected chi connectivity index (χ2v) is 9.16. The number of sulfonamides is 1. The summed E-state index contributed by atoms with van der Waals surface area (Å²) >= 11 is 3.27. The van der Waals surface area contributed by atoms with E-state index in [1.807, 2.05) is 0 Å². The van der Waals surface area contributed by atoms with E-state index >= 15 is 0 Å². The predicted octanol–water partition coefficient (Wildman–Crippen LogP) is 4.51. The van der Waals surface area contributed by atoms with Crippen LogP contribution in [0, 0.1) is 5.82 Å². The summed E-state index contributed by atoms with van der Waals surface area (Å²) in [7, 11) is -4.22. The summed E-state index contributed by atoms with van der Waals surface area (Å²) in [6.07, 6.45) is 3.18. The lowest BCUT2D eigenvalue weighted by Crippen LogP contribution is -2.16. The van der Waals surface area contributed by atoms with Crippen molar-refractivity contribution in [2.75, 3.05) is 4.72 Å². The third-order valence-corrected chi connectivity index (χ3v) is 6.38. The summed E-state index contributed by atoms with van der Waals surface area (Å²) < 4.78 is 43.5. The average Bonchev–Trinajstić information content (AvgIpc) is 3.47. The molecule has 0 radical (unpaired) electrons. The van der Waals surface area contributed by atoms with Gasteiger partial charge in [0.05, 0.1) is 16.8 Å². The molecule has 3 aromatic rings. The molecule has 2 N–H and O–H groups in total. The van der Waals surface area contributed by atoms with E-state index in [2.05, 4.69) is 25.6 Å². The molecule has 4 rings (SSSR count). The summed E-state index contributed by atoms with van der Waals surface area (Å²) in [6.45, 7) is 0. The van der Waals surface area contributed by atoms with Crippen molar-refractivity contribution in [3.05, 3.63) is 64.0 Å². The lowest BCUT2D eigenvalue weighted by Gasteiger charge is -2.14. The standard InChI is InChI=1S/C19H14BrFN2O4S/c20-13-6-11-2-1-5-22-18(11)16(9-13)28(26,27)23-15-8-12(10-3-4-10)7-14(17(15)21)19(24)25/h1-2,5-10,23H,3-4H2,(H,24,25). The molecule has 0 spiro atoms. The van der Waals surface area contributed by atoms with Crippen LogP contribution in [0.1, 0.15) is 34.7 Å². The van der Waals surface area contributed by atoms with Crippen LogP contribution in [-0.2, 0) is 10.0 Å². The Morgan fingerprint density at radius 1 is 1.25 bits per heavy atom. The Hall–Kier alpha value is -2.52. The number of anilines is 1. The number of carboxylic acid groups (broad SMARTS) is 1. The summed E-state index contributed by atoms with van der Waals surface area (Å²) in [5, 5.41) is 9.87. The lowest BCUT2D eigenvalue weighted by molar-refractivity contribution is 0.0692. The van der Waals surface area contributed by atoms with Crippen molar-refractivity contribution in [2.24, 2.45) is 0 Å². The third-order valence-electron chi connectivity index (χ3n) is 4.54. The number of pyridine rings is 1. The molecule has 9 heteroatoms. The van der Waals surface area contributed by atoms with E-state index in [1.54, 1.807) is 18.2 Å². The number of aromatic nitrogens is 1. The Kier molecular flexibility index (Phi) is 4.59. The minimum atomic E-state index is -4.22. The van der Waals surface area contributed by atoms with Gasteiger partial charge in [-0.25, -0.2) is 17.6 Å². The van der Waals surface area contributed by atoms with Crippen molar-refractivity contribution in [2.45, 2.75) is 23.7 Å². The summed E-state index contributed by atoms with van der Waals surface area (Å²) in [4.78, 5) is 15.4. The average molecular weight is 465 g/mol. The maximum Gasteiger partial charge on any atom is 0.338 e. The number of carbonyl (C=O) groups is 1. The monoisotopic (exact) mass is 464 g/mol. The fraction of sp³-hybridized carbons (Fsp3) is 0.158. The molecule has 144 valence electrons. The summed E-state index contributed by atoms with van der Waals surface area (Å²) in [6, 6.07) is 9.11. The Morgan fingerprint density at radius 3 is 2.68 bits per heavy atom. The second-order valence-electron chi connectivity index (χ2n) is 6.59. The molecule has 1 fully saturated rings. The fourth-order valence-electron chi connectivity index (χ4n) is 3.06. The minimum absolute atomic E-state index is 0.121. The molecule has 1 aromatic heterocycles. The van der Waals surface area contributed by atoms with Crippen molar-refractivity contribution < 1.29 is 22.7 Å². The maximum absolute atomic E-state index is 14.7. The number of fused-ring (bicyclic) bond motifs is 1. The summed E-state index contributed by atoms with van der Waals surface area (Å²) in [5.41, 5.74) is -0.102. The van der Waals surface area contributed by atoms with Crippen LogP contribution in [0.4, 0.5) is 10.1 Å². The van der Waals surface area contributed by atoms with Gasteiger partial charge in [-0.1, -0.05) is 22.0 Å². The number of rotatable bonds is 5. The predicted molar refractivity (Wildman–Crippen MR) is 106 cm³/mol. The van der Waals surface area contributed by atoms with E-state index in [0.29, 0.717) is 15.4 Å². The highest BCUT2D eigenvalue weighted by Crippen LogP contribution is 2.42. The molecule has 0 bridgehead atoms. The van der Waals surface area contributed by atoms with Crippen LogP contribution in [0.15, 0.2) is 52.0 Å². The number of hydrogen-bond donors (Lipinski definition) is 2. The first-order chi connectivity index (χ1) is 13.3. The molecule has 1 saturated carbocycles. The van der Waals surface area contributed by atoms with Gasteiger partial charge < -0.3 is 5.11 Å². The van der Waals surface area contributed by atoms with Gasteiger partial charge in [-0.15, -0.1) is 0 Å². The van der Waals surface area contributed by atoms with Gasteiger partial charge in [-0.05, 0) is 54.7 Å². The molecule has 0 aliphatic heterocycles. The van der Waals surface area contributed by atoms with Gasteiger partial charge in [0.25, 0.3) is 10.0 Å². The van der Waals surface area contributed by atoms with E-state index in [0.717, 1.165) is 12.8 Å². The van der Waals surface area contributed by atoms with Crippen molar-refractivity contribution in [3.8, 4) is 0 Å². The van der Waals surface area contributed by atoms with Gasteiger partial charge >= 0.3 is 5.97 Å². The number of aromatic carboxylic acids is 1. The molecule has 0 unspecified atom stereocenters. The minimum Gasteiger partial charge on any atom is -0.478 e. The zero-order valence-electron chi connectivity index (χ0n) is 14.3. The van der Waals surface area contributed by atoms with Crippen LogP contribution in [0.25, 0.3) is 10.9 Å². The number of nitrogens with zero attached hydrogens (tertiary/aromatic N) is 1. The molecule has 28 heavy (non-hydrogen) atoms. The van der Waals surface area contributed by atoms with E-state index in [1.165, 1.54) is 24.4 Å². The van der Waals surface area contributed by atoms with Gasteiger partial charge in [-0.3, -0.25) is 9.71 Å². The maximum atomic E-state index is 14.7. The number of nitrogens with one attached hydrogen (secondary N) is 1. The van der Waals surface area contributed by atoms with Crippen molar-refractivity contribution in [1.82, 2.24) is 4.98 Å². The van der Waals surface area contributed by atoms with Crippen LogP contribution >= 0.6 is 15.9 Å². The van der Waals surface area contributed by atoms with E-state index < -0.39 is 27.4 Å². The first kappa shape index (κ1) is 18.8. The summed E-state index contributed by atoms with van der Waals surface area (Å²) in [5.74, 6) is -2.45.